The van der Waals surface area contributed by atoms with E-state index in [-0.39, 0.29) is 0 Å². The molecule has 2 rings (SSSR count). The van der Waals surface area contributed by atoms with Crippen molar-refractivity contribution in [3.63, 3.8) is 0 Å². The van der Waals surface area contributed by atoms with Crippen LogP contribution in [0.5, 0.6) is 5.75 Å². The number of hydrogen-bond donors (Lipinski definition) is 1. The monoisotopic (exact) mass is 204 g/mol. The van der Waals surface area contributed by atoms with Crippen LogP contribution in [0.3, 0.4) is 0 Å². The average Bonchev–Trinajstić information content (AvgIpc) is 2.56. The van der Waals surface area contributed by atoms with Crippen LogP contribution in [0.2, 0.25) is 0 Å². The van der Waals surface area contributed by atoms with E-state index in [2.05, 4.69) is 6.58 Å². The first-order chi connectivity index (χ1) is 7.13. The molecule has 1 aromatic carbocycles. The van der Waals surface area contributed by atoms with Gasteiger partial charge < -0.3 is 9.84 Å². The second-order valence-electron chi connectivity index (χ2n) is 3.74. The first kappa shape index (κ1) is 9.93. The van der Waals surface area contributed by atoms with Crippen molar-refractivity contribution in [2.45, 2.75) is 19.1 Å². The maximum Gasteiger partial charge on any atom is 0.150 e. The highest BCUT2D eigenvalue weighted by Crippen LogP contribution is 2.39. The summed E-state index contributed by atoms with van der Waals surface area (Å²) in [5, 5.41) is 9.93. The summed E-state index contributed by atoms with van der Waals surface area (Å²) in [7, 11) is 0. The number of benzene rings is 1. The van der Waals surface area contributed by atoms with Gasteiger partial charge in [-0.2, -0.15) is 0 Å². The van der Waals surface area contributed by atoms with Crippen LogP contribution >= 0.6 is 0 Å². The topological polar surface area (TPSA) is 46.5 Å². The quantitative estimate of drug-likeness (QED) is 0.591. The van der Waals surface area contributed by atoms with Crippen LogP contribution in [0, 0.1) is 0 Å². The normalized spacial score (nSPS) is 23.1. The summed E-state index contributed by atoms with van der Waals surface area (Å²) in [6.07, 6.45) is -0.375. The molecule has 0 saturated carbocycles. The van der Waals surface area contributed by atoms with Gasteiger partial charge in [0.2, 0.25) is 0 Å². The van der Waals surface area contributed by atoms with Crippen molar-refractivity contribution in [3.05, 3.63) is 41.5 Å². The Bertz CT molecular complexity index is 423. The van der Waals surface area contributed by atoms with Crippen LogP contribution in [-0.2, 0) is 0 Å². The highest BCUT2D eigenvalue weighted by molar-refractivity contribution is 5.76. The van der Waals surface area contributed by atoms with Gasteiger partial charge in [0.25, 0.3) is 0 Å². The summed E-state index contributed by atoms with van der Waals surface area (Å²) >= 11 is 0. The number of carbonyl (C=O) groups is 1. The molecule has 0 aliphatic carbocycles. The Morgan fingerprint density at radius 1 is 1.60 bits per heavy atom. The van der Waals surface area contributed by atoms with Crippen molar-refractivity contribution in [1.29, 1.82) is 0 Å². The van der Waals surface area contributed by atoms with Crippen LogP contribution in [0.15, 0.2) is 30.4 Å². The van der Waals surface area contributed by atoms with Crippen LogP contribution in [-0.4, -0.2) is 17.5 Å². The number of fused-ring (bicyclic) bond motifs is 1. The molecule has 1 aromatic rings. The minimum absolute atomic E-state index is 0.401. The van der Waals surface area contributed by atoms with E-state index in [4.69, 9.17) is 4.74 Å². The third-order valence-corrected chi connectivity index (χ3v) is 2.51. The van der Waals surface area contributed by atoms with Crippen LogP contribution in [0.25, 0.3) is 0 Å². The third kappa shape index (κ3) is 1.55. The molecule has 3 heteroatoms. The lowest BCUT2D eigenvalue weighted by molar-refractivity contribution is 0.0901. The zero-order valence-corrected chi connectivity index (χ0v) is 8.43. The Balaban J connectivity index is 2.41. The van der Waals surface area contributed by atoms with Gasteiger partial charge in [-0.1, -0.05) is 6.58 Å². The summed E-state index contributed by atoms with van der Waals surface area (Å²) in [5.74, 6) is 0.626. The molecule has 0 radical (unpaired) electrons. The molecule has 1 aliphatic rings. The molecular formula is C12H12O3. The molecule has 0 bridgehead atoms. The minimum atomic E-state index is -0.725. The van der Waals surface area contributed by atoms with Gasteiger partial charge >= 0.3 is 0 Å². The van der Waals surface area contributed by atoms with Gasteiger partial charge in [-0.05, 0) is 30.7 Å². The van der Waals surface area contributed by atoms with Crippen molar-refractivity contribution >= 4 is 6.29 Å². The first-order valence-corrected chi connectivity index (χ1v) is 4.72. The van der Waals surface area contributed by atoms with E-state index in [9.17, 15) is 9.90 Å². The first-order valence-electron chi connectivity index (χ1n) is 4.72. The fourth-order valence-electron chi connectivity index (χ4n) is 1.71. The number of hydrogen-bond acceptors (Lipinski definition) is 3. The van der Waals surface area contributed by atoms with E-state index < -0.39 is 12.2 Å². The van der Waals surface area contributed by atoms with Gasteiger partial charge in [0, 0.05) is 11.1 Å². The highest BCUT2D eigenvalue weighted by Gasteiger charge is 2.33. The fourth-order valence-corrected chi connectivity index (χ4v) is 1.71. The largest absolute Gasteiger partial charge is 0.483 e. The predicted molar refractivity (Wildman–Crippen MR) is 56.0 cm³/mol. The molecule has 2 unspecified atom stereocenters. The van der Waals surface area contributed by atoms with Crippen molar-refractivity contribution in [1.82, 2.24) is 0 Å². The van der Waals surface area contributed by atoms with E-state index in [1.54, 1.807) is 25.1 Å². The number of rotatable bonds is 2. The zero-order chi connectivity index (χ0) is 11.0. The van der Waals surface area contributed by atoms with Gasteiger partial charge in [-0.3, -0.25) is 4.79 Å². The summed E-state index contributed by atoms with van der Waals surface area (Å²) in [4.78, 5) is 10.6. The molecule has 2 atom stereocenters. The molecule has 3 nitrogen and oxygen atoms in total. The van der Waals surface area contributed by atoms with E-state index in [0.29, 0.717) is 16.9 Å². The number of carbonyl (C=O) groups excluding carboxylic acids is 1. The van der Waals surface area contributed by atoms with Gasteiger partial charge in [0.1, 0.15) is 24.2 Å². The molecule has 0 spiro atoms. The van der Waals surface area contributed by atoms with Crippen molar-refractivity contribution < 1.29 is 14.6 Å². The Hall–Kier alpha value is -1.61. The van der Waals surface area contributed by atoms with Gasteiger partial charge in [0.15, 0.2) is 0 Å². The van der Waals surface area contributed by atoms with E-state index in [1.807, 2.05) is 0 Å². The lowest BCUT2D eigenvalue weighted by Gasteiger charge is -2.13. The summed E-state index contributed by atoms with van der Waals surface area (Å²) in [6.45, 7) is 5.56. The highest BCUT2D eigenvalue weighted by atomic mass is 16.5. The molecule has 78 valence electrons. The molecule has 1 heterocycles. The van der Waals surface area contributed by atoms with Crippen LogP contribution < -0.4 is 4.74 Å². The fraction of sp³-hybridized carbons (Fsp3) is 0.250. The predicted octanol–water partition coefficient (Wildman–Crippen LogP) is 1.87. The summed E-state index contributed by atoms with van der Waals surface area (Å²) in [6, 6.07) is 5.01. The van der Waals surface area contributed by atoms with Gasteiger partial charge in [-0.15, -0.1) is 0 Å². The Kier molecular flexibility index (Phi) is 2.32. The second kappa shape index (κ2) is 3.51. The van der Waals surface area contributed by atoms with E-state index in [0.717, 1.165) is 11.9 Å². The van der Waals surface area contributed by atoms with Gasteiger partial charge in [-0.25, -0.2) is 0 Å². The van der Waals surface area contributed by atoms with Crippen molar-refractivity contribution in [2.24, 2.45) is 0 Å². The Morgan fingerprint density at radius 3 is 2.93 bits per heavy atom. The third-order valence-electron chi connectivity index (χ3n) is 2.51. The van der Waals surface area contributed by atoms with E-state index >= 15 is 0 Å². The lowest BCUT2D eigenvalue weighted by Crippen LogP contribution is -2.19. The van der Waals surface area contributed by atoms with Crippen LogP contribution in [0.1, 0.15) is 28.9 Å². The Morgan fingerprint density at radius 2 is 2.33 bits per heavy atom. The average molecular weight is 204 g/mol. The van der Waals surface area contributed by atoms with Crippen molar-refractivity contribution in [2.75, 3.05) is 0 Å². The molecule has 0 fully saturated rings. The molecule has 1 N–H and O–H groups in total. The molecule has 0 amide bonds. The van der Waals surface area contributed by atoms with E-state index in [1.165, 1.54) is 0 Å². The summed E-state index contributed by atoms with van der Waals surface area (Å²) < 4.78 is 5.51. The molecule has 0 aromatic heterocycles. The maximum atomic E-state index is 10.6. The zero-order valence-electron chi connectivity index (χ0n) is 8.43. The van der Waals surface area contributed by atoms with Gasteiger partial charge in [0.05, 0.1) is 0 Å². The van der Waals surface area contributed by atoms with Crippen molar-refractivity contribution in [3.8, 4) is 5.75 Å². The molecular weight excluding hydrogens is 192 g/mol. The maximum absolute atomic E-state index is 10.6. The smallest absolute Gasteiger partial charge is 0.150 e. The Labute approximate surface area is 88.0 Å². The number of aldehydes is 1. The standard InChI is InChI=1S/C12H12O3/c1-7(2)12-11(14)9-5-8(6-13)3-4-10(9)15-12/h3-6,11-12,14H,1H2,2H3. The molecule has 1 aliphatic heterocycles. The van der Waals surface area contributed by atoms with Crippen LogP contribution in [0.4, 0.5) is 0 Å². The number of ether oxygens (including phenoxy) is 1. The number of aliphatic hydroxyl groups excluding tert-OH is 1. The second-order valence-corrected chi connectivity index (χ2v) is 3.74. The number of aliphatic hydroxyl groups is 1. The summed E-state index contributed by atoms with van der Waals surface area (Å²) in [5.41, 5.74) is 1.97. The minimum Gasteiger partial charge on any atom is -0.483 e. The molecule has 0 saturated heterocycles. The lowest BCUT2D eigenvalue weighted by atomic mass is 10.0. The SMILES string of the molecule is C=C(C)C1Oc2ccc(C=O)cc2C1O. The molecule has 15 heavy (non-hydrogen) atoms.